The molecule has 21 heavy (non-hydrogen) atoms. The Morgan fingerprint density at radius 2 is 1.95 bits per heavy atom. The minimum absolute atomic E-state index is 0.00804. The third kappa shape index (κ3) is 4.87. The molecule has 0 spiro atoms. The maximum absolute atomic E-state index is 12.8. The zero-order valence-corrected chi connectivity index (χ0v) is 11.9. The molecule has 1 heterocycles. The summed E-state index contributed by atoms with van der Waals surface area (Å²) in [4.78, 5) is 15.7. The molecular formula is C16H18FN3O. The number of rotatable bonds is 6. The largest absolute Gasteiger partial charge is 0.366 e. The van der Waals surface area contributed by atoms with Gasteiger partial charge in [0.15, 0.2) is 0 Å². The first kappa shape index (κ1) is 15.0. The van der Waals surface area contributed by atoms with Crippen molar-refractivity contribution < 1.29 is 9.18 Å². The monoisotopic (exact) mass is 287 g/mol. The number of nitrogens with zero attached hydrogens (tertiary/aromatic N) is 1. The number of carbonyl (C=O) groups excluding carboxylic acids is 1. The third-order valence-corrected chi connectivity index (χ3v) is 2.91. The minimum Gasteiger partial charge on any atom is -0.366 e. The van der Waals surface area contributed by atoms with E-state index in [1.165, 1.54) is 12.1 Å². The number of pyridine rings is 1. The number of anilines is 2. The quantitative estimate of drug-likeness (QED) is 0.854. The van der Waals surface area contributed by atoms with Crippen molar-refractivity contribution in [2.75, 3.05) is 10.6 Å². The number of benzene rings is 1. The van der Waals surface area contributed by atoms with Gasteiger partial charge in [0.25, 0.3) is 0 Å². The zero-order chi connectivity index (χ0) is 15.1. The molecule has 0 aliphatic rings. The summed E-state index contributed by atoms with van der Waals surface area (Å²) in [5, 5.41) is 5.92. The predicted octanol–water partition coefficient (Wildman–Crippen LogP) is 3.57. The number of nitrogens with one attached hydrogen (secondary N) is 2. The third-order valence-electron chi connectivity index (χ3n) is 2.91. The molecule has 2 rings (SSSR count). The Kier molecular flexibility index (Phi) is 5.26. The van der Waals surface area contributed by atoms with E-state index in [-0.39, 0.29) is 11.7 Å². The lowest BCUT2D eigenvalue weighted by atomic mass is 10.2. The highest BCUT2D eigenvalue weighted by atomic mass is 19.1. The van der Waals surface area contributed by atoms with E-state index >= 15 is 0 Å². The van der Waals surface area contributed by atoms with Gasteiger partial charge in [-0.3, -0.25) is 4.79 Å². The molecule has 1 aromatic carbocycles. The van der Waals surface area contributed by atoms with Crippen LogP contribution in [0.15, 0.2) is 42.6 Å². The summed E-state index contributed by atoms with van der Waals surface area (Å²) in [7, 11) is 0. The van der Waals surface area contributed by atoms with E-state index in [0.717, 1.165) is 12.0 Å². The van der Waals surface area contributed by atoms with E-state index in [2.05, 4.69) is 15.6 Å². The molecule has 1 amide bonds. The Morgan fingerprint density at radius 3 is 2.57 bits per heavy atom. The van der Waals surface area contributed by atoms with Gasteiger partial charge in [0, 0.05) is 13.0 Å². The van der Waals surface area contributed by atoms with Crippen molar-refractivity contribution in [1.29, 1.82) is 0 Å². The summed E-state index contributed by atoms with van der Waals surface area (Å²) < 4.78 is 12.8. The van der Waals surface area contributed by atoms with Crippen LogP contribution in [0.25, 0.3) is 0 Å². The van der Waals surface area contributed by atoms with Crippen LogP contribution in [0.1, 0.15) is 25.3 Å². The standard InChI is InChI=1S/C16H18FN3O/c1-2-3-16(21)20-14-8-9-15(19-11-14)18-10-12-4-6-13(17)7-5-12/h4-9,11H,2-3,10H2,1H3,(H,18,19)(H,20,21). The highest BCUT2D eigenvalue weighted by Crippen LogP contribution is 2.12. The normalized spacial score (nSPS) is 10.2. The van der Waals surface area contributed by atoms with Crippen LogP contribution < -0.4 is 10.6 Å². The van der Waals surface area contributed by atoms with Crippen LogP contribution in [0.2, 0.25) is 0 Å². The first-order valence-corrected chi connectivity index (χ1v) is 6.91. The SMILES string of the molecule is CCCC(=O)Nc1ccc(NCc2ccc(F)cc2)nc1. The summed E-state index contributed by atoms with van der Waals surface area (Å²) in [6.45, 7) is 2.52. The van der Waals surface area contributed by atoms with Crippen molar-refractivity contribution in [1.82, 2.24) is 4.98 Å². The Morgan fingerprint density at radius 1 is 1.19 bits per heavy atom. The van der Waals surface area contributed by atoms with Crippen molar-refractivity contribution in [2.24, 2.45) is 0 Å². The van der Waals surface area contributed by atoms with Crippen molar-refractivity contribution in [2.45, 2.75) is 26.3 Å². The molecule has 0 saturated carbocycles. The fourth-order valence-corrected chi connectivity index (χ4v) is 1.82. The molecule has 0 bridgehead atoms. The predicted molar refractivity (Wildman–Crippen MR) is 81.5 cm³/mol. The summed E-state index contributed by atoms with van der Waals surface area (Å²) in [6.07, 6.45) is 2.93. The fraction of sp³-hybridized carbons (Fsp3) is 0.250. The van der Waals surface area contributed by atoms with Crippen molar-refractivity contribution in [3.63, 3.8) is 0 Å². The molecule has 1 aromatic heterocycles. The highest BCUT2D eigenvalue weighted by Gasteiger charge is 2.01. The van der Waals surface area contributed by atoms with Gasteiger partial charge in [0.05, 0.1) is 11.9 Å². The van der Waals surface area contributed by atoms with E-state index < -0.39 is 0 Å². The van der Waals surface area contributed by atoms with E-state index in [9.17, 15) is 9.18 Å². The maximum Gasteiger partial charge on any atom is 0.224 e. The van der Waals surface area contributed by atoms with Gasteiger partial charge in [0.2, 0.25) is 5.91 Å². The maximum atomic E-state index is 12.8. The molecule has 4 nitrogen and oxygen atoms in total. The number of hydrogen-bond donors (Lipinski definition) is 2. The Labute approximate surface area is 123 Å². The van der Waals surface area contributed by atoms with Crippen molar-refractivity contribution in [3.8, 4) is 0 Å². The zero-order valence-electron chi connectivity index (χ0n) is 11.9. The van der Waals surface area contributed by atoms with Gasteiger partial charge in [0.1, 0.15) is 11.6 Å². The smallest absolute Gasteiger partial charge is 0.224 e. The number of hydrogen-bond acceptors (Lipinski definition) is 3. The van der Waals surface area contributed by atoms with Gasteiger partial charge >= 0.3 is 0 Å². The lowest BCUT2D eigenvalue weighted by Crippen LogP contribution is -2.11. The number of aromatic nitrogens is 1. The lowest BCUT2D eigenvalue weighted by molar-refractivity contribution is -0.116. The van der Waals surface area contributed by atoms with E-state index in [1.807, 2.05) is 6.92 Å². The van der Waals surface area contributed by atoms with E-state index in [4.69, 9.17) is 0 Å². The van der Waals surface area contributed by atoms with Gasteiger partial charge in [-0.05, 0) is 36.2 Å². The second kappa shape index (κ2) is 7.38. The number of carbonyl (C=O) groups is 1. The summed E-state index contributed by atoms with van der Waals surface area (Å²) in [5.74, 6) is 0.447. The van der Waals surface area contributed by atoms with Gasteiger partial charge in [-0.2, -0.15) is 0 Å². The molecule has 0 saturated heterocycles. The molecule has 5 heteroatoms. The van der Waals surface area contributed by atoms with Crippen LogP contribution in [0, 0.1) is 5.82 Å². The average Bonchev–Trinajstić information content (AvgIpc) is 2.48. The highest BCUT2D eigenvalue weighted by molar-refractivity contribution is 5.90. The minimum atomic E-state index is -0.246. The Hall–Kier alpha value is -2.43. The fourth-order valence-electron chi connectivity index (χ4n) is 1.82. The van der Waals surface area contributed by atoms with Crippen LogP contribution in [-0.4, -0.2) is 10.9 Å². The molecule has 0 unspecified atom stereocenters. The molecular weight excluding hydrogens is 269 g/mol. The first-order valence-electron chi connectivity index (χ1n) is 6.91. The van der Waals surface area contributed by atoms with Crippen LogP contribution in [-0.2, 0) is 11.3 Å². The molecule has 0 aliphatic carbocycles. The Bertz CT molecular complexity index is 581. The van der Waals surface area contributed by atoms with Crippen molar-refractivity contribution in [3.05, 3.63) is 54.0 Å². The lowest BCUT2D eigenvalue weighted by Gasteiger charge is -2.07. The van der Waals surface area contributed by atoms with E-state index in [0.29, 0.717) is 24.5 Å². The van der Waals surface area contributed by atoms with Gasteiger partial charge < -0.3 is 10.6 Å². The van der Waals surface area contributed by atoms with Crippen LogP contribution in [0.3, 0.4) is 0 Å². The molecule has 0 radical (unpaired) electrons. The summed E-state index contributed by atoms with van der Waals surface area (Å²) in [6, 6.07) is 9.90. The summed E-state index contributed by atoms with van der Waals surface area (Å²) >= 11 is 0. The Balaban J connectivity index is 1.87. The second-order valence-electron chi connectivity index (χ2n) is 4.71. The molecule has 2 aromatic rings. The topological polar surface area (TPSA) is 54.0 Å². The summed E-state index contributed by atoms with van der Waals surface area (Å²) in [5.41, 5.74) is 1.65. The van der Waals surface area contributed by atoms with Crippen LogP contribution in [0.4, 0.5) is 15.9 Å². The van der Waals surface area contributed by atoms with E-state index in [1.54, 1.807) is 30.5 Å². The molecule has 0 aliphatic heterocycles. The van der Waals surface area contributed by atoms with Gasteiger partial charge in [-0.1, -0.05) is 19.1 Å². The van der Waals surface area contributed by atoms with Gasteiger partial charge in [-0.15, -0.1) is 0 Å². The molecule has 110 valence electrons. The average molecular weight is 287 g/mol. The molecule has 0 fully saturated rings. The van der Waals surface area contributed by atoms with Crippen LogP contribution in [0.5, 0.6) is 0 Å². The number of halogens is 1. The number of amides is 1. The van der Waals surface area contributed by atoms with Crippen LogP contribution >= 0.6 is 0 Å². The van der Waals surface area contributed by atoms with Gasteiger partial charge in [-0.25, -0.2) is 9.37 Å². The first-order chi connectivity index (χ1) is 10.2. The second-order valence-corrected chi connectivity index (χ2v) is 4.71. The molecule has 2 N–H and O–H groups in total. The molecule has 0 atom stereocenters. The van der Waals surface area contributed by atoms with Crippen molar-refractivity contribution >= 4 is 17.4 Å².